The smallest absolute Gasteiger partial charge is 0.306 e. The van der Waals surface area contributed by atoms with Crippen LogP contribution in [0.1, 0.15) is 84.5 Å². The van der Waals surface area contributed by atoms with E-state index in [2.05, 4.69) is 19.1 Å². The Morgan fingerprint density at radius 3 is 2.00 bits per heavy atom. The molecule has 0 bridgehead atoms. The van der Waals surface area contributed by atoms with E-state index in [0.29, 0.717) is 0 Å². The molecule has 2 heteroatoms. The second kappa shape index (κ2) is 13.6. The molecule has 0 amide bonds. The summed E-state index contributed by atoms with van der Waals surface area (Å²) in [6.07, 6.45) is 17.9. The molecule has 0 saturated heterocycles. The Labute approximate surface area is 119 Å². The molecule has 112 valence electrons. The highest BCUT2D eigenvalue weighted by atomic mass is 16.4. The number of aliphatic carboxylic acids is 1. The fourth-order valence-electron chi connectivity index (χ4n) is 2.11. The molecule has 1 unspecified atom stereocenters. The van der Waals surface area contributed by atoms with Crippen LogP contribution in [0.5, 0.6) is 0 Å². The van der Waals surface area contributed by atoms with Crippen molar-refractivity contribution < 1.29 is 9.90 Å². The molecule has 2 nitrogen and oxygen atoms in total. The van der Waals surface area contributed by atoms with Crippen LogP contribution in [0.3, 0.4) is 0 Å². The predicted molar refractivity (Wildman–Crippen MR) is 82.4 cm³/mol. The van der Waals surface area contributed by atoms with Gasteiger partial charge in [-0.15, -0.1) is 0 Å². The Balaban J connectivity index is 3.18. The van der Waals surface area contributed by atoms with Gasteiger partial charge in [0.25, 0.3) is 0 Å². The lowest BCUT2D eigenvalue weighted by Gasteiger charge is -2.04. The Bertz CT molecular complexity index is 233. The van der Waals surface area contributed by atoms with E-state index in [4.69, 9.17) is 5.11 Å². The van der Waals surface area contributed by atoms with Gasteiger partial charge in [-0.3, -0.25) is 4.79 Å². The second-order valence-corrected chi connectivity index (χ2v) is 5.55. The van der Waals surface area contributed by atoms with E-state index in [0.717, 1.165) is 12.8 Å². The molecule has 0 spiro atoms. The first-order valence-electron chi connectivity index (χ1n) is 8.06. The number of rotatable bonds is 13. The Morgan fingerprint density at radius 2 is 1.47 bits per heavy atom. The molecule has 0 aliphatic rings. The predicted octanol–water partition coefficient (Wildman–Crippen LogP) is 5.57. The van der Waals surface area contributed by atoms with Gasteiger partial charge in [0.05, 0.1) is 5.92 Å². The standard InChI is InChI=1S/C17H32O2/c1-3-4-5-6-7-8-9-10-11-12-13-14-15-16(2)17(18)19/h8-9,16H,3-7,10-15H2,1-2H3,(H,18,19)/b9-8+. The molecule has 0 aliphatic carbocycles. The van der Waals surface area contributed by atoms with Crippen molar-refractivity contribution in [2.75, 3.05) is 0 Å². The molecule has 1 N–H and O–H groups in total. The molecular weight excluding hydrogens is 236 g/mol. The van der Waals surface area contributed by atoms with Crippen LogP contribution >= 0.6 is 0 Å². The molecule has 0 aromatic heterocycles. The van der Waals surface area contributed by atoms with Gasteiger partial charge in [0, 0.05) is 0 Å². The van der Waals surface area contributed by atoms with Crippen molar-refractivity contribution in [1.82, 2.24) is 0 Å². The molecular formula is C17H32O2. The number of carbonyl (C=O) groups is 1. The molecule has 0 fully saturated rings. The normalized spacial score (nSPS) is 12.9. The third-order valence-corrected chi connectivity index (χ3v) is 3.57. The lowest BCUT2D eigenvalue weighted by molar-refractivity contribution is -0.141. The molecule has 0 aliphatic heterocycles. The van der Waals surface area contributed by atoms with Gasteiger partial charge in [-0.05, 0) is 32.1 Å². The summed E-state index contributed by atoms with van der Waals surface area (Å²) in [5.74, 6) is -0.839. The maximum atomic E-state index is 10.6. The van der Waals surface area contributed by atoms with E-state index in [9.17, 15) is 4.79 Å². The van der Waals surface area contributed by atoms with Crippen molar-refractivity contribution in [3.8, 4) is 0 Å². The van der Waals surface area contributed by atoms with Gasteiger partial charge < -0.3 is 5.11 Å². The lowest BCUT2D eigenvalue weighted by atomic mass is 10.0. The fraction of sp³-hybridized carbons (Fsp3) is 0.824. The van der Waals surface area contributed by atoms with Crippen molar-refractivity contribution in [1.29, 1.82) is 0 Å². The summed E-state index contributed by atoms with van der Waals surface area (Å²) in [6.45, 7) is 4.04. The lowest BCUT2D eigenvalue weighted by Crippen LogP contribution is -2.08. The zero-order valence-corrected chi connectivity index (χ0v) is 12.9. The van der Waals surface area contributed by atoms with Crippen LogP contribution < -0.4 is 0 Å². The van der Waals surface area contributed by atoms with E-state index < -0.39 is 5.97 Å². The monoisotopic (exact) mass is 268 g/mol. The van der Waals surface area contributed by atoms with Crippen molar-refractivity contribution in [3.63, 3.8) is 0 Å². The Morgan fingerprint density at radius 1 is 0.947 bits per heavy atom. The maximum absolute atomic E-state index is 10.6. The number of hydrogen-bond acceptors (Lipinski definition) is 1. The van der Waals surface area contributed by atoms with Crippen molar-refractivity contribution in [3.05, 3.63) is 12.2 Å². The first-order chi connectivity index (χ1) is 9.18. The summed E-state index contributed by atoms with van der Waals surface area (Å²) < 4.78 is 0. The van der Waals surface area contributed by atoms with Crippen LogP contribution in [0.15, 0.2) is 12.2 Å². The quantitative estimate of drug-likeness (QED) is 0.350. The SMILES string of the molecule is CCCCCC/C=C/CCCCCCC(C)C(=O)O. The highest BCUT2D eigenvalue weighted by Crippen LogP contribution is 2.12. The molecule has 0 aromatic rings. The largest absolute Gasteiger partial charge is 0.481 e. The summed E-state index contributed by atoms with van der Waals surface area (Å²) >= 11 is 0. The summed E-state index contributed by atoms with van der Waals surface area (Å²) in [5, 5.41) is 8.75. The molecule has 1 atom stereocenters. The van der Waals surface area contributed by atoms with Gasteiger partial charge in [0.1, 0.15) is 0 Å². The first kappa shape index (κ1) is 18.2. The number of allylic oxidation sites excluding steroid dienone is 2. The summed E-state index contributed by atoms with van der Waals surface area (Å²) in [4.78, 5) is 10.6. The van der Waals surface area contributed by atoms with Crippen LogP contribution in [0.2, 0.25) is 0 Å². The van der Waals surface area contributed by atoms with Crippen LogP contribution in [0, 0.1) is 5.92 Å². The van der Waals surface area contributed by atoms with Gasteiger partial charge in [0.2, 0.25) is 0 Å². The van der Waals surface area contributed by atoms with Gasteiger partial charge >= 0.3 is 5.97 Å². The van der Waals surface area contributed by atoms with Gasteiger partial charge in [-0.25, -0.2) is 0 Å². The maximum Gasteiger partial charge on any atom is 0.306 e. The fourth-order valence-corrected chi connectivity index (χ4v) is 2.11. The summed E-state index contributed by atoms with van der Waals surface area (Å²) in [7, 11) is 0. The van der Waals surface area contributed by atoms with Gasteiger partial charge in [-0.1, -0.05) is 64.5 Å². The third kappa shape index (κ3) is 13.4. The Hall–Kier alpha value is -0.790. The zero-order chi connectivity index (χ0) is 14.3. The van der Waals surface area contributed by atoms with Crippen molar-refractivity contribution >= 4 is 5.97 Å². The van der Waals surface area contributed by atoms with E-state index in [-0.39, 0.29) is 5.92 Å². The molecule has 0 rings (SSSR count). The zero-order valence-electron chi connectivity index (χ0n) is 12.9. The molecule has 0 heterocycles. The minimum atomic E-state index is -0.661. The molecule has 0 radical (unpaired) electrons. The van der Waals surface area contributed by atoms with Crippen LogP contribution in [-0.2, 0) is 4.79 Å². The average Bonchev–Trinajstić information content (AvgIpc) is 2.39. The van der Waals surface area contributed by atoms with E-state index in [1.807, 2.05) is 0 Å². The van der Waals surface area contributed by atoms with Crippen LogP contribution in [0.25, 0.3) is 0 Å². The van der Waals surface area contributed by atoms with Gasteiger partial charge in [-0.2, -0.15) is 0 Å². The number of hydrogen-bond donors (Lipinski definition) is 1. The number of unbranched alkanes of at least 4 members (excludes halogenated alkanes) is 8. The van der Waals surface area contributed by atoms with E-state index >= 15 is 0 Å². The topological polar surface area (TPSA) is 37.3 Å². The highest BCUT2D eigenvalue weighted by Gasteiger charge is 2.09. The molecule has 0 aromatic carbocycles. The molecule has 19 heavy (non-hydrogen) atoms. The Kier molecular flexibility index (Phi) is 13.1. The van der Waals surface area contributed by atoms with Crippen LogP contribution in [-0.4, -0.2) is 11.1 Å². The minimum absolute atomic E-state index is 0.178. The van der Waals surface area contributed by atoms with Crippen molar-refractivity contribution in [2.24, 2.45) is 5.92 Å². The highest BCUT2D eigenvalue weighted by molar-refractivity contribution is 5.69. The first-order valence-corrected chi connectivity index (χ1v) is 8.06. The number of carboxylic acids is 1. The summed E-state index contributed by atoms with van der Waals surface area (Å²) in [6, 6.07) is 0. The van der Waals surface area contributed by atoms with Gasteiger partial charge in [0.15, 0.2) is 0 Å². The van der Waals surface area contributed by atoms with Crippen LogP contribution in [0.4, 0.5) is 0 Å². The third-order valence-electron chi connectivity index (χ3n) is 3.57. The van der Waals surface area contributed by atoms with E-state index in [1.54, 1.807) is 6.92 Å². The summed E-state index contributed by atoms with van der Waals surface area (Å²) in [5.41, 5.74) is 0. The van der Waals surface area contributed by atoms with Crippen molar-refractivity contribution in [2.45, 2.75) is 84.5 Å². The average molecular weight is 268 g/mol. The van der Waals surface area contributed by atoms with E-state index in [1.165, 1.54) is 57.8 Å². The molecule has 0 saturated carbocycles. The minimum Gasteiger partial charge on any atom is -0.481 e. The second-order valence-electron chi connectivity index (χ2n) is 5.55. The number of carboxylic acid groups (broad SMARTS) is 1.